The highest BCUT2D eigenvalue weighted by Gasteiger charge is 2.32. The fourth-order valence-corrected chi connectivity index (χ4v) is 2.99. The lowest BCUT2D eigenvalue weighted by atomic mass is 10.1. The van der Waals surface area contributed by atoms with Gasteiger partial charge in [-0.05, 0) is 23.3 Å². The Morgan fingerprint density at radius 3 is 2.83 bits per heavy atom. The van der Waals surface area contributed by atoms with E-state index in [0.29, 0.717) is 17.8 Å². The van der Waals surface area contributed by atoms with Crippen molar-refractivity contribution in [3.8, 4) is 5.82 Å². The summed E-state index contributed by atoms with van der Waals surface area (Å²) in [6.07, 6.45) is 4.51. The minimum absolute atomic E-state index is 0.257. The molecular formula is C17H15N5O2. The second-order valence-electron chi connectivity index (χ2n) is 5.69. The lowest BCUT2D eigenvalue weighted by molar-refractivity contribution is 0.0858. The number of pyridine rings is 1. The maximum atomic E-state index is 12.6. The van der Waals surface area contributed by atoms with E-state index in [2.05, 4.69) is 20.5 Å². The number of carbonyl (C=O) groups excluding carboxylic acids is 1. The summed E-state index contributed by atoms with van der Waals surface area (Å²) in [4.78, 5) is 16.8. The van der Waals surface area contributed by atoms with Crippen LogP contribution in [0.1, 0.15) is 27.5 Å². The number of nitrogens with one attached hydrogen (secondary N) is 1. The number of carbonyl (C=O) groups is 1. The largest absolute Gasteiger partial charge is 0.390 e. The highest BCUT2D eigenvalue weighted by molar-refractivity contribution is 5.94. The van der Waals surface area contributed by atoms with Crippen LogP contribution < -0.4 is 5.32 Å². The Balaban J connectivity index is 1.58. The maximum absolute atomic E-state index is 12.6. The number of nitrogens with zero attached hydrogens (tertiary/aromatic N) is 4. The minimum atomic E-state index is -0.620. The number of rotatable bonds is 3. The van der Waals surface area contributed by atoms with Gasteiger partial charge in [-0.25, -0.2) is 4.98 Å². The number of hydrogen-bond donors (Lipinski definition) is 2. The van der Waals surface area contributed by atoms with Crippen molar-refractivity contribution < 1.29 is 9.90 Å². The zero-order chi connectivity index (χ0) is 16.5. The van der Waals surface area contributed by atoms with E-state index in [-0.39, 0.29) is 5.91 Å². The second kappa shape index (κ2) is 5.86. The van der Waals surface area contributed by atoms with Gasteiger partial charge in [0.2, 0.25) is 0 Å². The van der Waals surface area contributed by atoms with Gasteiger partial charge in [0.15, 0.2) is 0 Å². The summed E-state index contributed by atoms with van der Waals surface area (Å²) >= 11 is 0. The molecule has 2 atom stereocenters. The normalized spacial score (nSPS) is 19.0. The van der Waals surface area contributed by atoms with Gasteiger partial charge < -0.3 is 10.4 Å². The summed E-state index contributed by atoms with van der Waals surface area (Å²) < 4.78 is 1.62. The summed E-state index contributed by atoms with van der Waals surface area (Å²) in [7, 11) is 0. The van der Waals surface area contributed by atoms with Gasteiger partial charge in [0.25, 0.3) is 5.91 Å². The van der Waals surface area contributed by atoms with E-state index >= 15 is 0 Å². The van der Waals surface area contributed by atoms with Gasteiger partial charge in [-0.15, -0.1) is 10.2 Å². The molecule has 3 aromatic rings. The quantitative estimate of drug-likeness (QED) is 0.752. The molecule has 1 aromatic carbocycles. The first-order chi connectivity index (χ1) is 11.7. The van der Waals surface area contributed by atoms with Crippen molar-refractivity contribution in [1.29, 1.82) is 0 Å². The molecule has 2 aromatic heterocycles. The van der Waals surface area contributed by atoms with Crippen molar-refractivity contribution >= 4 is 5.91 Å². The van der Waals surface area contributed by atoms with Crippen LogP contribution in [-0.2, 0) is 6.42 Å². The molecule has 0 spiro atoms. The van der Waals surface area contributed by atoms with Crippen LogP contribution in [0.3, 0.4) is 0 Å². The summed E-state index contributed by atoms with van der Waals surface area (Å²) in [6.45, 7) is 0. The number of hydrogen-bond acceptors (Lipinski definition) is 5. The molecule has 0 unspecified atom stereocenters. The Morgan fingerprint density at radius 1 is 1.21 bits per heavy atom. The third-order valence-electron chi connectivity index (χ3n) is 4.18. The van der Waals surface area contributed by atoms with Gasteiger partial charge in [-0.2, -0.15) is 0 Å². The molecule has 7 nitrogen and oxygen atoms in total. The summed E-state index contributed by atoms with van der Waals surface area (Å²) in [5.41, 5.74) is 2.49. The molecular weight excluding hydrogens is 306 g/mol. The molecule has 1 aliphatic rings. The van der Waals surface area contributed by atoms with Gasteiger partial charge in [-0.1, -0.05) is 24.3 Å². The second-order valence-corrected chi connectivity index (χ2v) is 5.69. The number of amides is 1. The number of benzene rings is 1. The fourth-order valence-electron chi connectivity index (χ4n) is 2.99. The molecule has 1 aliphatic carbocycles. The molecule has 2 heterocycles. The number of aliphatic hydroxyl groups is 1. The smallest absolute Gasteiger partial charge is 0.252 e. The Kier molecular flexibility index (Phi) is 3.55. The molecule has 0 saturated carbocycles. The van der Waals surface area contributed by atoms with Crippen LogP contribution in [-0.4, -0.2) is 36.9 Å². The first-order valence-corrected chi connectivity index (χ1v) is 7.60. The van der Waals surface area contributed by atoms with E-state index in [0.717, 1.165) is 11.1 Å². The molecule has 7 heteroatoms. The Morgan fingerprint density at radius 2 is 2.00 bits per heavy atom. The number of aromatic nitrogens is 4. The van der Waals surface area contributed by atoms with Crippen molar-refractivity contribution in [2.45, 2.75) is 18.6 Å². The summed E-state index contributed by atoms with van der Waals surface area (Å²) in [5, 5.41) is 20.6. The van der Waals surface area contributed by atoms with Gasteiger partial charge in [-0.3, -0.25) is 9.36 Å². The van der Waals surface area contributed by atoms with E-state index < -0.39 is 12.1 Å². The van der Waals surface area contributed by atoms with Crippen LogP contribution in [0.4, 0.5) is 0 Å². The molecule has 1 amide bonds. The highest BCUT2D eigenvalue weighted by Crippen LogP contribution is 2.31. The van der Waals surface area contributed by atoms with E-state index in [4.69, 9.17) is 0 Å². The third kappa shape index (κ3) is 2.55. The topological polar surface area (TPSA) is 92.9 Å². The Hall–Kier alpha value is -3.06. The average Bonchev–Trinajstić information content (AvgIpc) is 3.24. The van der Waals surface area contributed by atoms with E-state index in [1.54, 1.807) is 22.9 Å². The average molecular weight is 321 g/mol. The van der Waals surface area contributed by atoms with Crippen molar-refractivity contribution in [2.24, 2.45) is 0 Å². The van der Waals surface area contributed by atoms with Crippen LogP contribution in [0.15, 0.2) is 55.2 Å². The monoisotopic (exact) mass is 321 g/mol. The first-order valence-electron chi connectivity index (χ1n) is 7.60. The lowest BCUT2D eigenvalue weighted by Crippen LogP contribution is -2.33. The van der Waals surface area contributed by atoms with E-state index in [9.17, 15) is 9.90 Å². The Labute approximate surface area is 138 Å². The van der Waals surface area contributed by atoms with Crippen molar-refractivity contribution in [3.63, 3.8) is 0 Å². The molecule has 2 N–H and O–H groups in total. The molecule has 0 radical (unpaired) electrons. The van der Waals surface area contributed by atoms with E-state index in [1.807, 2.05) is 24.3 Å². The molecule has 0 bridgehead atoms. The molecule has 24 heavy (non-hydrogen) atoms. The van der Waals surface area contributed by atoms with Gasteiger partial charge in [0.05, 0.1) is 12.1 Å². The third-order valence-corrected chi connectivity index (χ3v) is 4.18. The molecule has 120 valence electrons. The van der Waals surface area contributed by atoms with Crippen LogP contribution in [0.25, 0.3) is 5.82 Å². The Bertz CT molecular complexity index is 878. The summed E-state index contributed by atoms with van der Waals surface area (Å²) in [6, 6.07) is 10.6. The van der Waals surface area contributed by atoms with Gasteiger partial charge >= 0.3 is 0 Å². The van der Waals surface area contributed by atoms with Crippen LogP contribution in [0.2, 0.25) is 0 Å². The predicted octanol–water partition coefficient (Wildman–Crippen LogP) is 1.05. The zero-order valence-corrected chi connectivity index (χ0v) is 12.7. The lowest BCUT2D eigenvalue weighted by Gasteiger charge is -2.18. The van der Waals surface area contributed by atoms with Crippen molar-refractivity contribution in [2.75, 3.05) is 0 Å². The van der Waals surface area contributed by atoms with Crippen LogP contribution in [0, 0.1) is 0 Å². The van der Waals surface area contributed by atoms with Crippen molar-refractivity contribution in [3.05, 3.63) is 71.9 Å². The first kappa shape index (κ1) is 14.5. The van der Waals surface area contributed by atoms with E-state index in [1.165, 1.54) is 12.7 Å². The van der Waals surface area contributed by atoms with Gasteiger partial charge in [0.1, 0.15) is 18.5 Å². The molecule has 4 rings (SSSR count). The molecule has 0 saturated heterocycles. The maximum Gasteiger partial charge on any atom is 0.252 e. The van der Waals surface area contributed by atoms with Gasteiger partial charge in [0, 0.05) is 18.2 Å². The van der Waals surface area contributed by atoms with Crippen LogP contribution in [0.5, 0.6) is 0 Å². The van der Waals surface area contributed by atoms with Crippen molar-refractivity contribution in [1.82, 2.24) is 25.1 Å². The zero-order valence-electron chi connectivity index (χ0n) is 12.7. The molecule has 0 aliphatic heterocycles. The highest BCUT2D eigenvalue weighted by atomic mass is 16.3. The standard InChI is InChI=1S/C17H15N5O2/c23-14-7-11-3-1-2-4-13(11)16(14)21-17(24)12-5-6-18-15(8-12)22-9-19-20-10-22/h1-6,8-10,14,16,23H,7H2,(H,21,24)/t14-,16-/m1/s1. The number of fused-ring (bicyclic) bond motifs is 1. The SMILES string of the molecule is O=C(N[C@@H]1c2ccccc2C[C@H]1O)c1ccnc(-n2cnnc2)c1. The number of aliphatic hydroxyl groups excluding tert-OH is 1. The summed E-state index contributed by atoms with van der Waals surface area (Å²) in [5.74, 6) is 0.299. The predicted molar refractivity (Wildman–Crippen MR) is 85.5 cm³/mol. The minimum Gasteiger partial charge on any atom is -0.390 e. The molecule has 0 fully saturated rings. The van der Waals surface area contributed by atoms with Crippen LogP contribution >= 0.6 is 0 Å². The fraction of sp³-hybridized carbons (Fsp3) is 0.176.